The van der Waals surface area contributed by atoms with Gasteiger partial charge in [0.15, 0.2) is 0 Å². The Bertz CT molecular complexity index is 659. The van der Waals surface area contributed by atoms with Gasteiger partial charge in [-0.05, 0) is 55.1 Å². The third-order valence-corrected chi connectivity index (χ3v) is 6.74. The summed E-state index contributed by atoms with van der Waals surface area (Å²) in [6.07, 6.45) is 9.42. The third kappa shape index (κ3) is 3.12. The van der Waals surface area contributed by atoms with E-state index in [0.717, 1.165) is 31.4 Å². The van der Waals surface area contributed by atoms with Crippen molar-refractivity contribution in [2.45, 2.75) is 51.7 Å². The summed E-state index contributed by atoms with van der Waals surface area (Å²) in [5.74, 6) is 0.849. The van der Waals surface area contributed by atoms with Crippen molar-refractivity contribution in [2.24, 2.45) is 23.2 Å². The predicted molar refractivity (Wildman–Crippen MR) is 96.6 cm³/mol. The van der Waals surface area contributed by atoms with Gasteiger partial charge < -0.3 is 10.1 Å². The Morgan fingerprint density at radius 3 is 3.16 bits per heavy atom. The van der Waals surface area contributed by atoms with Crippen LogP contribution < -0.4 is 5.32 Å². The molecule has 25 heavy (non-hydrogen) atoms. The highest BCUT2D eigenvalue weighted by atomic mass is 16.6. The first-order chi connectivity index (χ1) is 12.1. The molecule has 1 aromatic heterocycles. The first-order valence-corrected chi connectivity index (χ1v) is 9.54. The summed E-state index contributed by atoms with van der Waals surface area (Å²) in [4.78, 5) is 16.6. The molecule has 0 unspecified atom stereocenters. The van der Waals surface area contributed by atoms with E-state index in [4.69, 9.17) is 4.74 Å². The molecule has 0 radical (unpaired) electrons. The minimum Gasteiger partial charge on any atom is -0.462 e. The van der Waals surface area contributed by atoms with Gasteiger partial charge in [-0.2, -0.15) is 0 Å². The van der Waals surface area contributed by atoms with Crippen LogP contribution in [0.3, 0.4) is 0 Å². The summed E-state index contributed by atoms with van der Waals surface area (Å²) in [5.41, 5.74) is 2.81. The van der Waals surface area contributed by atoms with E-state index in [1.807, 2.05) is 18.3 Å². The summed E-state index contributed by atoms with van der Waals surface area (Å²) >= 11 is 0. The highest BCUT2D eigenvalue weighted by Crippen LogP contribution is 2.56. The molecule has 1 aromatic rings. The fourth-order valence-corrected chi connectivity index (χ4v) is 5.36. The van der Waals surface area contributed by atoms with Crippen molar-refractivity contribution < 1.29 is 9.53 Å². The monoisotopic (exact) mass is 340 g/mol. The zero-order valence-electron chi connectivity index (χ0n) is 15.0. The molecule has 3 aliphatic rings. The van der Waals surface area contributed by atoms with Gasteiger partial charge in [-0.25, -0.2) is 0 Å². The van der Waals surface area contributed by atoms with Gasteiger partial charge in [-0.15, -0.1) is 0 Å². The molecule has 4 nitrogen and oxygen atoms in total. The third-order valence-electron chi connectivity index (χ3n) is 6.74. The summed E-state index contributed by atoms with van der Waals surface area (Å²) in [7, 11) is 0. The molecule has 1 N–H and O–H groups in total. The van der Waals surface area contributed by atoms with Crippen LogP contribution in [0.5, 0.6) is 0 Å². The van der Waals surface area contributed by atoms with E-state index < -0.39 is 0 Å². The first kappa shape index (κ1) is 16.8. The minimum atomic E-state index is -0.0269. The van der Waals surface area contributed by atoms with Crippen LogP contribution in [0.2, 0.25) is 0 Å². The van der Waals surface area contributed by atoms with Crippen LogP contribution in [0.1, 0.15) is 44.6 Å². The molecule has 3 fully saturated rings. The highest BCUT2D eigenvalue weighted by Gasteiger charge is 2.54. The highest BCUT2D eigenvalue weighted by molar-refractivity contribution is 5.75. The zero-order valence-corrected chi connectivity index (χ0v) is 15.0. The topological polar surface area (TPSA) is 51.2 Å². The molecule has 2 saturated carbocycles. The molecule has 0 aromatic carbocycles. The van der Waals surface area contributed by atoms with Crippen LogP contribution in [-0.2, 0) is 16.1 Å². The van der Waals surface area contributed by atoms with E-state index in [-0.39, 0.29) is 23.4 Å². The Morgan fingerprint density at radius 1 is 1.48 bits per heavy atom. The van der Waals surface area contributed by atoms with E-state index in [1.54, 1.807) is 6.20 Å². The summed E-state index contributed by atoms with van der Waals surface area (Å²) in [6, 6.07) is 3.99. The van der Waals surface area contributed by atoms with Crippen molar-refractivity contribution in [3.63, 3.8) is 0 Å². The number of hydrogen-bond donors (Lipinski definition) is 1. The number of esters is 1. The predicted octanol–water partition coefficient (Wildman–Crippen LogP) is 3.49. The van der Waals surface area contributed by atoms with Gasteiger partial charge in [0.1, 0.15) is 6.10 Å². The SMILES string of the molecule is C=C1CCC[C@@]2(C)C[C@H]3OC(=O)[C@H](CNCc4cccnc4)[C@H]3C[C@H]12. The molecule has 2 heterocycles. The van der Waals surface area contributed by atoms with Crippen LogP contribution >= 0.6 is 0 Å². The summed E-state index contributed by atoms with van der Waals surface area (Å²) < 4.78 is 5.81. The summed E-state index contributed by atoms with van der Waals surface area (Å²) in [6.45, 7) is 8.15. The average Bonchev–Trinajstić information content (AvgIpc) is 2.88. The van der Waals surface area contributed by atoms with E-state index in [0.29, 0.717) is 18.4 Å². The maximum atomic E-state index is 12.5. The fraction of sp³-hybridized carbons (Fsp3) is 0.619. The number of aromatic nitrogens is 1. The molecule has 134 valence electrons. The molecule has 0 bridgehead atoms. The maximum absolute atomic E-state index is 12.5. The standard InChI is InChI=1S/C21H28N2O2/c1-14-5-3-7-21(2)10-19-16(9-18(14)21)17(20(24)25-19)13-23-12-15-6-4-8-22-11-15/h4,6,8,11,16-19,23H,1,3,5,7,9-10,12-13H2,2H3/t16-,17-,18-,19-,21+/m1/s1. The number of ether oxygens (including phenoxy) is 1. The Labute approximate surface area is 150 Å². The number of allylic oxidation sites excluding steroid dienone is 1. The first-order valence-electron chi connectivity index (χ1n) is 9.54. The molecule has 5 atom stereocenters. The second kappa shape index (κ2) is 6.56. The lowest BCUT2D eigenvalue weighted by molar-refractivity contribution is -0.146. The number of fused-ring (bicyclic) bond motifs is 2. The maximum Gasteiger partial charge on any atom is 0.310 e. The van der Waals surface area contributed by atoms with Gasteiger partial charge in [0.2, 0.25) is 0 Å². The number of nitrogens with zero attached hydrogens (tertiary/aromatic N) is 1. The van der Waals surface area contributed by atoms with E-state index in [2.05, 4.69) is 23.8 Å². The van der Waals surface area contributed by atoms with Crippen molar-refractivity contribution in [1.29, 1.82) is 0 Å². The van der Waals surface area contributed by atoms with Crippen molar-refractivity contribution in [3.05, 3.63) is 42.2 Å². The van der Waals surface area contributed by atoms with Crippen LogP contribution in [0.15, 0.2) is 36.7 Å². The average molecular weight is 340 g/mol. The van der Waals surface area contributed by atoms with Crippen molar-refractivity contribution in [1.82, 2.24) is 10.3 Å². The quantitative estimate of drug-likeness (QED) is 0.673. The fourth-order valence-electron chi connectivity index (χ4n) is 5.36. The Kier molecular flexibility index (Phi) is 4.40. The minimum absolute atomic E-state index is 0.0125. The van der Waals surface area contributed by atoms with Gasteiger partial charge in [0.05, 0.1) is 5.92 Å². The summed E-state index contributed by atoms with van der Waals surface area (Å²) in [5, 5.41) is 3.44. The van der Waals surface area contributed by atoms with Gasteiger partial charge in [-0.3, -0.25) is 9.78 Å². The van der Waals surface area contributed by atoms with Gasteiger partial charge >= 0.3 is 5.97 Å². The molecule has 4 heteroatoms. The molecular weight excluding hydrogens is 312 g/mol. The van der Waals surface area contributed by atoms with Crippen LogP contribution in [0.4, 0.5) is 0 Å². The van der Waals surface area contributed by atoms with Gasteiger partial charge in [0.25, 0.3) is 0 Å². The second-order valence-corrected chi connectivity index (χ2v) is 8.40. The number of carbonyl (C=O) groups excluding carboxylic acids is 1. The van der Waals surface area contributed by atoms with Crippen LogP contribution in [-0.4, -0.2) is 23.6 Å². The van der Waals surface area contributed by atoms with Crippen LogP contribution in [0.25, 0.3) is 0 Å². The molecule has 2 aliphatic carbocycles. The molecule has 1 saturated heterocycles. The number of nitrogens with one attached hydrogen (secondary N) is 1. The lowest BCUT2D eigenvalue weighted by atomic mass is 9.55. The van der Waals surface area contributed by atoms with Gasteiger partial charge in [-0.1, -0.05) is 25.1 Å². The smallest absolute Gasteiger partial charge is 0.310 e. The normalized spacial score (nSPS) is 37.3. The Morgan fingerprint density at radius 2 is 2.36 bits per heavy atom. The van der Waals surface area contributed by atoms with E-state index in [1.165, 1.54) is 18.4 Å². The van der Waals surface area contributed by atoms with Gasteiger partial charge in [0, 0.05) is 31.4 Å². The number of rotatable bonds is 4. The zero-order chi connectivity index (χ0) is 17.4. The molecule has 1 aliphatic heterocycles. The molecule has 0 amide bonds. The Hall–Kier alpha value is -1.68. The largest absolute Gasteiger partial charge is 0.462 e. The molecular formula is C21H28N2O2. The molecule has 4 rings (SSSR count). The number of hydrogen-bond acceptors (Lipinski definition) is 4. The lowest BCUT2D eigenvalue weighted by Crippen LogP contribution is -2.45. The lowest BCUT2D eigenvalue weighted by Gasteiger charge is -2.50. The van der Waals surface area contributed by atoms with Crippen molar-refractivity contribution >= 4 is 5.97 Å². The van der Waals surface area contributed by atoms with Crippen LogP contribution in [0, 0.1) is 23.2 Å². The van der Waals surface area contributed by atoms with Crippen molar-refractivity contribution in [3.8, 4) is 0 Å². The number of carbonyl (C=O) groups is 1. The second-order valence-electron chi connectivity index (χ2n) is 8.40. The van der Waals surface area contributed by atoms with Crippen molar-refractivity contribution in [2.75, 3.05) is 6.54 Å². The van der Waals surface area contributed by atoms with E-state index in [9.17, 15) is 4.79 Å². The molecule has 0 spiro atoms. The number of pyridine rings is 1. The van der Waals surface area contributed by atoms with E-state index >= 15 is 0 Å². The Balaban J connectivity index is 1.42.